The third-order valence-electron chi connectivity index (χ3n) is 4.71. The topological polar surface area (TPSA) is 77.8 Å². The molecule has 1 amide bonds. The number of hydrogen-bond donors (Lipinski definition) is 2. The van der Waals surface area contributed by atoms with Crippen LogP contribution >= 0.6 is 0 Å². The van der Waals surface area contributed by atoms with Gasteiger partial charge in [-0.1, -0.05) is 39.7 Å². The summed E-state index contributed by atoms with van der Waals surface area (Å²) in [4.78, 5) is 25.2. The molecule has 5 nitrogen and oxygen atoms in total. The molecule has 0 saturated carbocycles. The van der Waals surface area contributed by atoms with Crippen molar-refractivity contribution in [3.05, 3.63) is 11.6 Å². The Morgan fingerprint density at radius 3 is 2.57 bits per heavy atom. The van der Waals surface area contributed by atoms with Crippen LogP contribution in [-0.2, 0) is 9.59 Å². The van der Waals surface area contributed by atoms with Crippen molar-refractivity contribution in [3.63, 3.8) is 0 Å². The second-order valence-corrected chi connectivity index (χ2v) is 6.79. The molecule has 0 aliphatic carbocycles. The van der Waals surface area contributed by atoms with E-state index in [2.05, 4.69) is 13.8 Å². The average molecular weight is 325 g/mol. The molecule has 0 aromatic heterocycles. The van der Waals surface area contributed by atoms with Crippen molar-refractivity contribution in [1.82, 2.24) is 4.90 Å². The van der Waals surface area contributed by atoms with E-state index in [4.69, 9.17) is 0 Å². The SMILES string of the molecule is CCCC[C@@H](C)/C=C(\C)[C@H](O)[C@@H](C)C(=O)N1CCC[C@H]1C(=O)O. The van der Waals surface area contributed by atoms with Crippen LogP contribution in [0.5, 0.6) is 0 Å². The summed E-state index contributed by atoms with van der Waals surface area (Å²) in [6.45, 7) is 8.24. The first-order valence-electron chi connectivity index (χ1n) is 8.69. The molecule has 23 heavy (non-hydrogen) atoms. The van der Waals surface area contributed by atoms with Crippen molar-refractivity contribution in [2.24, 2.45) is 11.8 Å². The molecule has 1 rings (SSSR count). The predicted octanol–water partition coefficient (Wildman–Crippen LogP) is 2.83. The minimum Gasteiger partial charge on any atom is -0.480 e. The lowest BCUT2D eigenvalue weighted by Gasteiger charge is -2.28. The zero-order valence-corrected chi connectivity index (χ0v) is 14.8. The molecule has 0 spiro atoms. The van der Waals surface area contributed by atoms with Gasteiger partial charge < -0.3 is 15.1 Å². The highest BCUT2D eigenvalue weighted by atomic mass is 16.4. The number of carboxylic acid groups (broad SMARTS) is 1. The summed E-state index contributed by atoms with van der Waals surface area (Å²) in [6, 6.07) is -0.745. The van der Waals surface area contributed by atoms with Crippen LogP contribution in [0.25, 0.3) is 0 Å². The lowest BCUT2D eigenvalue weighted by molar-refractivity contribution is -0.150. The summed E-state index contributed by atoms with van der Waals surface area (Å²) < 4.78 is 0. The van der Waals surface area contributed by atoms with Gasteiger partial charge in [0.05, 0.1) is 12.0 Å². The Bertz CT molecular complexity index is 446. The number of carbonyl (C=O) groups is 2. The first-order chi connectivity index (χ1) is 10.8. The fourth-order valence-corrected chi connectivity index (χ4v) is 3.23. The molecule has 132 valence electrons. The number of carbonyl (C=O) groups excluding carboxylic acids is 1. The summed E-state index contributed by atoms with van der Waals surface area (Å²) >= 11 is 0. The van der Waals surface area contributed by atoms with E-state index in [1.54, 1.807) is 6.92 Å². The molecule has 1 heterocycles. The number of aliphatic hydroxyl groups is 1. The van der Waals surface area contributed by atoms with Crippen LogP contribution in [-0.4, -0.2) is 45.7 Å². The normalized spacial score (nSPS) is 22.7. The van der Waals surface area contributed by atoms with Gasteiger partial charge in [0.25, 0.3) is 0 Å². The first-order valence-corrected chi connectivity index (χ1v) is 8.69. The Morgan fingerprint density at radius 1 is 1.35 bits per heavy atom. The van der Waals surface area contributed by atoms with E-state index in [0.29, 0.717) is 25.3 Å². The number of aliphatic hydroxyl groups excluding tert-OH is 1. The number of amides is 1. The van der Waals surface area contributed by atoms with E-state index in [9.17, 15) is 19.8 Å². The van der Waals surface area contributed by atoms with Crippen LogP contribution in [0.2, 0.25) is 0 Å². The Balaban J connectivity index is 2.71. The minimum absolute atomic E-state index is 0.267. The fraction of sp³-hybridized carbons (Fsp3) is 0.778. The van der Waals surface area contributed by atoms with Gasteiger partial charge in [-0.2, -0.15) is 0 Å². The Labute approximate surface area is 139 Å². The average Bonchev–Trinajstić information content (AvgIpc) is 3.00. The Morgan fingerprint density at radius 2 is 2.00 bits per heavy atom. The maximum Gasteiger partial charge on any atom is 0.326 e. The number of aliphatic carboxylic acids is 1. The molecule has 5 heteroatoms. The van der Waals surface area contributed by atoms with Crippen molar-refractivity contribution < 1.29 is 19.8 Å². The summed E-state index contributed by atoms with van der Waals surface area (Å²) in [5.74, 6) is -1.48. The van der Waals surface area contributed by atoms with E-state index < -0.39 is 24.0 Å². The molecular formula is C18H31NO4. The molecule has 1 saturated heterocycles. The predicted molar refractivity (Wildman–Crippen MR) is 90.0 cm³/mol. The number of allylic oxidation sites excluding steroid dienone is 1. The number of unbranched alkanes of at least 4 members (excludes halogenated alkanes) is 1. The molecule has 1 fully saturated rings. The monoisotopic (exact) mass is 325 g/mol. The molecule has 0 radical (unpaired) electrons. The lowest BCUT2D eigenvalue weighted by Crippen LogP contribution is -2.45. The Kier molecular flexibility index (Phi) is 7.76. The number of hydrogen-bond acceptors (Lipinski definition) is 3. The maximum absolute atomic E-state index is 12.5. The quantitative estimate of drug-likeness (QED) is 0.673. The van der Waals surface area contributed by atoms with Gasteiger partial charge in [0.1, 0.15) is 6.04 Å². The van der Waals surface area contributed by atoms with Crippen molar-refractivity contribution >= 4 is 11.9 Å². The lowest BCUT2D eigenvalue weighted by atomic mass is 9.93. The standard InChI is InChI=1S/C18H31NO4/c1-5-6-8-12(2)11-13(3)16(20)14(4)17(21)19-10-7-9-15(19)18(22)23/h11-12,14-16,20H,5-10H2,1-4H3,(H,22,23)/b13-11+/t12-,14-,15+,16+/m1/s1. The van der Waals surface area contributed by atoms with Crippen molar-refractivity contribution in [1.29, 1.82) is 0 Å². The fourth-order valence-electron chi connectivity index (χ4n) is 3.23. The van der Waals surface area contributed by atoms with E-state index in [1.165, 1.54) is 4.90 Å². The summed E-state index contributed by atoms with van der Waals surface area (Å²) in [5.41, 5.74) is 0.792. The van der Waals surface area contributed by atoms with Crippen molar-refractivity contribution in [3.8, 4) is 0 Å². The van der Waals surface area contributed by atoms with Gasteiger partial charge in [0.2, 0.25) is 5.91 Å². The number of nitrogens with zero attached hydrogens (tertiary/aromatic N) is 1. The maximum atomic E-state index is 12.5. The molecule has 0 unspecified atom stereocenters. The van der Waals surface area contributed by atoms with Gasteiger partial charge in [-0.3, -0.25) is 4.79 Å². The molecule has 2 N–H and O–H groups in total. The summed E-state index contributed by atoms with van der Waals surface area (Å²) in [5, 5.41) is 19.6. The summed E-state index contributed by atoms with van der Waals surface area (Å²) in [7, 11) is 0. The number of likely N-dealkylation sites (tertiary alicyclic amines) is 1. The largest absolute Gasteiger partial charge is 0.480 e. The second kappa shape index (κ2) is 9.06. The van der Waals surface area contributed by atoms with Crippen LogP contribution in [0.4, 0.5) is 0 Å². The summed E-state index contributed by atoms with van der Waals surface area (Å²) in [6.07, 6.45) is 5.71. The molecule has 0 bridgehead atoms. The van der Waals surface area contributed by atoms with E-state index in [0.717, 1.165) is 24.8 Å². The molecule has 0 aromatic carbocycles. The van der Waals surface area contributed by atoms with E-state index >= 15 is 0 Å². The third kappa shape index (κ3) is 5.34. The van der Waals surface area contributed by atoms with Gasteiger partial charge in [0.15, 0.2) is 0 Å². The van der Waals surface area contributed by atoms with Crippen LogP contribution in [0.1, 0.15) is 59.8 Å². The van der Waals surface area contributed by atoms with Crippen molar-refractivity contribution in [2.45, 2.75) is 71.9 Å². The number of carboxylic acids is 1. The van der Waals surface area contributed by atoms with Crippen molar-refractivity contribution in [2.75, 3.05) is 6.54 Å². The molecule has 0 aromatic rings. The van der Waals surface area contributed by atoms with Crippen LogP contribution < -0.4 is 0 Å². The van der Waals surface area contributed by atoms with Crippen LogP contribution in [0, 0.1) is 11.8 Å². The van der Waals surface area contributed by atoms with Gasteiger partial charge in [0, 0.05) is 6.54 Å². The third-order valence-corrected chi connectivity index (χ3v) is 4.71. The molecular weight excluding hydrogens is 294 g/mol. The smallest absolute Gasteiger partial charge is 0.326 e. The highest BCUT2D eigenvalue weighted by Gasteiger charge is 2.37. The molecule has 4 atom stereocenters. The van der Waals surface area contributed by atoms with Gasteiger partial charge >= 0.3 is 5.97 Å². The zero-order chi connectivity index (χ0) is 17.6. The highest BCUT2D eigenvalue weighted by Crippen LogP contribution is 2.24. The van der Waals surface area contributed by atoms with Gasteiger partial charge in [-0.25, -0.2) is 4.79 Å². The second-order valence-electron chi connectivity index (χ2n) is 6.79. The van der Waals surface area contributed by atoms with Gasteiger partial charge in [-0.05, 0) is 37.7 Å². The number of rotatable bonds is 8. The highest BCUT2D eigenvalue weighted by molar-refractivity contribution is 5.86. The van der Waals surface area contributed by atoms with Gasteiger partial charge in [-0.15, -0.1) is 0 Å². The minimum atomic E-state index is -0.960. The zero-order valence-electron chi connectivity index (χ0n) is 14.8. The first kappa shape index (κ1) is 19.7. The van der Waals surface area contributed by atoms with Crippen LogP contribution in [0.3, 0.4) is 0 Å². The van der Waals surface area contributed by atoms with E-state index in [-0.39, 0.29) is 5.91 Å². The van der Waals surface area contributed by atoms with Crippen LogP contribution in [0.15, 0.2) is 11.6 Å². The van der Waals surface area contributed by atoms with E-state index in [1.807, 2.05) is 13.0 Å². The Hall–Kier alpha value is -1.36. The molecule has 1 aliphatic rings. The molecule has 1 aliphatic heterocycles.